The minimum Gasteiger partial charge on any atom is -0.391 e. The molecule has 0 aliphatic heterocycles. The molecule has 2 unspecified atom stereocenters. The Morgan fingerprint density at radius 3 is 2.65 bits per heavy atom. The van der Waals surface area contributed by atoms with Crippen molar-refractivity contribution in [2.24, 2.45) is 0 Å². The molecule has 20 heavy (non-hydrogen) atoms. The minimum absolute atomic E-state index is 0.0273. The van der Waals surface area contributed by atoms with E-state index in [2.05, 4.69) is 5.32 Å². The monoisotopic (exact) mass is 283 g/mol. The number of hydrogen-bond donors (Lipinski definition) is 2. The lowest BCUT2D eigenvalue weighted by Gasteiger charge is -2.13. The number of hydrogen-bond acceptors (Lipinski definition) is 3. The van der Waals surface area contributed by atoms with Crippen molar-refractivity contribution >= 4 is 5.91 Å². The second-order valence-electron chi connectivity index (χ2n) is 4.90. The average molecular weight is 283 g/mol. The van der Waals surface area contributed by atoms with Crippen LogP contribution in [0.1, 0.15) is 31.2 Å². The Hall–Kier alpha value is -1.46. The molecule has 1 aromatic carbocycles. The van der Waals surface area contributed by atoms with Crippen LogP contribution in [0.4, 0.5) is 4.39 Å². The summed E-state index contributed by atoms with van der Waals surface area (Å²) >= 11 is 0. The van der Waals surface area contributed by atoms with Crippen LogP contribution >= 0.6 is 0 Å². The van der Waals surface area contributed by atoms with Crippen LogP contribution in [0.3, 0.4) is 0 Å². The van der Waals surface area contributed by atoms with Crippen LogP contribution in [-0.4, -0.2) is 37.4 Å². The van der Waals surface area contributed by atoms with Crippen molar-refractivity contribution in [1.29, 1.82) is 0 Å². The van der Waals surface area contributed by atoms with Crippen LogP contribution in [0.25, 0.3) is 0 Å². The van der Waals surface area contributed by atoms with Gasteiger partial charge in [0.05, 0.1) is 12.7 Å². The molecule has 1 rings (SSSR count). The van der Waals surface area contributed by atoms with Crippen LogP contribution < -0.4 is 5.32 Å². The molecule has 0 aliphatic rings. The van der Waals surface area contributed by atoms with Gasteiger partial charge in [-0.05, 0) is 30.0 Å². The molecule has 0 radical (unpaired) electrons. The molecule has 0 fully saturated rings. The summed E-state index contributed by atoms with van der Waals surface area (Å²) in [4.78, 5) is 11.7. The van der Waals surface area contributed by atoms with Crippen molar-refractivity contribution in [3.05, 3.63) is 35.6 Å². The van der Waals surface area contributed by atoms with E-state index < -0.39 is 6.10 Å². The van der Waals surface area contributed by atoms with Crippen LogP contribution in [-0.2, 0) is 9.53 Å². The molecule has 1 aromatic rings. The van der Waals surface area contributed by atoms with Crippen molar-refractivity contribution in [2.45, 2.75) is 31.8 Å². The normalized spacial score (nSPS) is 13.8. The maximum atomic E-state index is 12.8. The smallest absolute Gasteiger partial charge is 0.220 e. The largest absolute Gasteiger partial charge is 0.391 e. The SMILES string of the molecule is COCC(O)CCNC(=O)CC(C)c1ccc(F)cc1. The molecule has 2 atom stereocenters. The van der Waals surface area contributed by atoms with Gasteiger partial charge in [-0.3, -0.25) is 4.79 Å². The fourth-order valence-corrected chi connectivity index (χ4v) is 1.91. The molecule has 0 saturated carbocycles. The lowest BCUT2D eigenvalue weighted by Crippen LogP contribution is -2.29. The fraction of sp³-hybridized carbons (Fsp3) is 0.533. The Morgan fingerprint density at radius 1 is 1.40 bits per heavy atom. The molecule has 0 heterocycles. The number of nitrogens with one attached hydrogen (secondary N) is 1. The first-order valence-electron chi connectivity index (χ1n) is 6.72. The highest BCUT2D eigenvalue weighted by atomic mass is 19.1. The van der Waals surface area contributed by atoms with Gasteiger partial charge in [-0.1, -0.05) is 19.1 Å². The van der Waals surface area contributed by atoms with E-state index >= 15 is 0 Å². The van der Waals surface area contributed by atoms with Gasteiger partial charge in [0.25, 0.3) is 0 Å². The van der Waals surface area contributed by atoms with E-state index in [0.717, 1.165) is 5.56 Å². The molecule has 2 N–H and O–H groups in total. The van der Waals surface area contributed by atoms with Gasteiger partial charge in [0.15, 0.2) is 0 Å². The second kappa shape index (κ2) is 8.66. The molecular formula is C15H22FNO3. The zero-order valence-corrected chi connectivity index (χ0v) is 11.9. The van der Waals surface area contributed by atoms with E-state index in [1.807, 2.05) is 6.92 Å². The van der Waals surface area contributed by atoms with Gasteiger partial charge >= 0.3 is 0 Å². The van der Waals surface area contributed by atoms with Crippen molar-refractivity contribution in [1.82, 2.24) is 5.32 Å². The fourth-order valence-electron chi connectivity index (χ4n) is 1.91. The number of methoxy groups -OCH3 is 1. The number of aliphatic hydroxyl groups excluding tert-OH is 1. The number of amides is 1. The molecule has 1 amide bonds. The number of ether oxygens (including phenoxy) is 1. The summed E-state index contributed by atoms with van der Waals surface area (Å²) in [6.07, 6.45) is 0.242. The van der Waals surface area contributed by atoms with E-state index in [1.165, 1.54) is 19.2 Å². The average Bonchev–Trinajstić information content (AvgIpc) is 2.39. The quantitative estimate of drug-likeness (QED) is 0.765. The highest BCUT2D eigenvalue weighted by Gasteiger charge is 2.11. The number of rotatable bonds is 8. The van der Waals surface area contributed by atoms with Crippen LogP contribution in [0, 0.1) is 5.82 Å². The maximum absolute atomic E-state index is 12.8. The summed E-state index contributed by atoms with van der Waals surface area (Å²) in [6, 6.07) is 6.17. The Morgan fingerprint density at radius 2 is 2.05 bits per heavy atom. The molecule has 5 heteroatoms. The van der Waals surface area contributed by atoms with E-state index in [-0.39, 0.29) is 24.2 Å². The summed E-state index contributed by atoms with van der Waals surface area (Å²) in [5, 5.41) is 12.2. The first-order chi connectivity index (χ1) is 9.52. The summed E-state index contributed by atoms with van der Waals surface area (Å²) < 4.78 is 17.6. The van der Waals surface area contributed by atoms with Gasteiger partial charge in [0.1, 0.15) is 5.82 Å². The van der Waals surface area contributed by atoms with Gasteiger partial charge in [0.2, 0.25) is 5.91 Å². The number of aliphatic hydroxyl groups is 1. The second-order valence-corrected chi connectivity index (χ2v) is 4.90. The highest BCUT2D eigenvalue weighted by molar-refractivity contribution is 5.76. The Labute approximate surface area is 119 Å². The third kappa shape index (κ3) is 6.12. The van der Waals surface area contributed by atoms with Gasteiger partial charge in [-0.15, -0.1) is 0 Å². The molecule has 0 saturated heterocycles. The lowest BCUT2D eigenvalue weighted by atomic mass is 9.97. The van der Waals surface area contributed by atoms with Crippen LogP contribution in [0.15, 0.2) is 24.3 Å². The van der Waals surface area contributed by atoms with Crippen molar-refractivity contribution in [3.8, 4) is 0 Å². The van der Waals surface area contributed by atoms with Gasteiger partial charge in [-0.25, -0.2) is 4.39 Å². The van der Waals surface area contributed by atoms with Crippen molar-refractivity contribution in [2.75, 3.05) is 20.3 Å². The van der Waals surface area contributed by atoms with E-state index in [9.17, 15) is 14.3 Å². The molecule has 112 valence electrons. The predicted octanol–water partition coefficient (Wildman–Crippen LogP) is 1.83. The van der Waals surface area contributed by atoms with Gasteiger partial charge in [0, 0.05) is 20.1 Å². The standard InChI is InChI=1S/C15H22FNO3/c1-11(12-3-5-13(16)6-4-12)9-15(19)17-8-7-14(18)10-20-2/h3-6,11,14,18H,7-10H2,1-2H3,(H,17,19). The van der Waals surface area contributed by atoms with Gasteiger partial charge < -0.3 is 15.2 Å². The Bertz CT molecular complexity index is 408. The maximum Gasteiger partial charge on any atom is 0.220 e. The molecule has 0 bridgehead atoms. The number of carbonyl (C=O) groups is 1. The third-order valence-electron chi connectivity index (χ3n) is 3.09. The first-order valence-corrected chi connectivity index (χ1v) is 6.72. The summed E-state index contributed by atoms with van der Waals surface area (Å²) in [6.45, 7) is 2.61. The lowest BCUT2D eigenvalue weighted by molar-refractivity contribution is -0.121. The topological polar surface area (TPSA) is 58.6 Å². The van der Waals surface area contributed by atoms with Gasteiger partial charge in [-0.2, -0.15) is 0 Å². The van der Waals surface area contributed by atoms with E-state index in [0.29, 0.717) is 19.4 Å². The Balaban J connectivity index is 2.29. The first kappa shape index (κ1) is 16.6. The highest BCUT2D eigenvalue weighted by Crippen LogP contribution is 2.18. The number of halogens is 1. The van der Waals surface area contributed by atoms with Crippen LogP contribution in [0.2, 0.25) is 0 Å². The minimum atomic E-state index is -0.560. The molecule has 0 aromatic heterocycles. The Kier molecular flexibility index (Phi) is 7.18. The van der Waals surface area contributed by atoms with E-state index in [1.54, 1.807) is 12.1 Å². The molecule has 4 nitrogen and oxygen atoms in total. The molecular weight excluding hydrogens is 261 g/mol. The van der Waals surface area contributed by atoms with Crippen LogP contribution in [0.5, 0.6) is 0 Å². The third-order valence-corrected chi connectivity index (χ3v) is 3.09. The van der Waals surface area contributed by atoms with Crippen molar-refractivity contribution in [3.63, 3.8) is 0 Å². The molecule has 0 aliphatic carbocycles. The van der Waals surface area contributed by atoms with Crippen molar-refractivity contribution < 1.29 is 19.0 Å². The summed E-state index contributed by atoms with van der Waals surface area (Å²) in [5.74, 6) is -0.330. The number of benzene rings is 1. The molecule has 0 spiro atoms. The predicted molar refractivity (Wildman–Crippen MR) is 74.9 cm³/mol. The van der Waals surface area contributed by atoms with E-state index in [4.69, 9.17) is 4.74 Å². The number of carbonyl (C=O) groups excluding carboxylic acids is 1. The summed E-state index contributed by atoms with van der Waals surface area (Å²) in [5.41, 5.74) is 0.931. The zero-order valence-electron chi connectivity index (χ0n) is 11.9. The summed E-state index contributed by atoms with van der Waals surface area (Å²) in [7, 11) is 1.52. The zero-order chi connectivity index (χ0) is 15.0.